The predicted octanol–water partition coefficient (Wildman–Crippen LogP) is 8.48. The molecule has 300 valence electrons. The van der Waals surface area contributed by atoms with Gasteiger partial charge in [0.1, 0.15) is 19.8 Å². The monoisotopic (exact) mass is 755 g/mol. The number of rotatable bonds is 34. The number of likely N-dealkylation sites (N-methyl/N-ethyl adjacent to an activating group) is 1. The van der Waals surface area contributed by atoms with E-state index in [-0.39, 0.29) is 25.6 Å². The Balaban J connectivity index is 4.58. The molecule has 0 saturated carbocycles. The van der Waals surface area contributed by atoms with Crippen LogP contribution >= 0.6 is 7.82 Å². The lowest BCUT2D eigenvalue weighted by molar-refractivity contribution is -0.870. The van der Waals surface area contributed by atoms with Gasteiger partial charge in [-0.25, -0.2) is 9.59 Å². The number of hydrogen-bond donors (Lipinski definition) is 0. The third kappa shape index (κ3) is 35.8. The van der Waals surface area contributed by atoms with Crippen molar-refractivity contribution in [2.75, 3.05) is 54.1 Å². The van der Waals surface area contributed by atoms with Crippen molar-refractivity contribution in [3.05, 3.63) is 48.6 Å². The number of phosphoric ester groups is 1. The fraction of sp³-hybridized carbons (Fsp3) is 0.725. The largest absolute Gasteiger partial charge is 0.756 e. The quantitative estimate of drug-likeness (QED) is 0.0120. The second-order valence-corrected chi connectivity index (χ2v) is 15.4. The Kier molecular flexibility index (Phi) is 31.4. The Morgan fingerprint density at radius 2 is 1.25 bits per heavy atom. The van der Waals surface area contributed by atoms with E-state index in [1.807, 2.05) is 40.2 Å². The van der Waals surface area contributed by atoms with Crippen molar-refractivity contribution in [2.45, 2.75) is 136 Å². The molecule has 52 heavy (non-hydrogen) atoms. The number of quaternary nitrogens is 1. The molecule has 0 aromatic heterocycles. The first kappa shape index (κ1) is 49.4. The number of carbonyl (C=O) groups is 3. The fourth-order valence-electron chi connectivity index (χ4n) is 4.82. The van der Waals surface area contributed by atoms with Gasteiger partial charge in [0.2, 0.25) is 0 Å². The van der Waals surface area contributed by atoms with E-state index in [1.54, 1.807) is 18.2 Å². The normalized spacial score (nSPS) is 14.0. The summed E-state index contributed by atoms with van der Waals surface area (Å²) in [5.74, 6) is -1.54. The molecule has 0 N–H and O–H groups in total. The van der Waals surface area contributed by atoms with Crippen molar-refractivity contribution in [3.63, 3.8) is 0 Å². The van der Waals surface area contributed by atoms with Crippen LogP contribution < -0.4 is 4.89 Å². The highest BCUT2D eigenvalue weighted by molar-refractivity contribution is 7.45. The minimum Gasteiger partial charge on any atom is -0.756 e. The molecule has 0 fully saturated rings. The van der Waals surface area contributed by atoms with Gasteiger partial charge < -0.3 is 32.6 Å². The van der Waals surface area contributed by atoms with Crippen LogP contribution in [0.5, 0.6) is 0 Å². The third-order valence-corrected chi connectivity index (χ3v) is 8.87. The lowest BCUT2D eigenvalue weighted by atomic mass is 10.0. The van der Waals surface area contributed by atoms with Gasteiger partial charge in [-0.3, -0.25) is 9.36 Å². The molecular formula is C40H70NO10P. The number of nitrogens with zero attached hydrogens (tertiary/aromatic N) is 1. The van der Waals surface area contributed by atoms with Crippen LogP contribution in [-0.4, -0.2) is 82.6 Å². The van der Waals surface area contributed by atoms with Crippen LogP contribution in [0, 0.1) is 0 Å². The average Bonchev–Trinajstić information content (AvgIpc) is 3.08. The topological polar surface area (TPSA) is 137 Å². The zero-order chi connectivity index (χ0) is 38.8. The highest BCUT2D eigenvalue weighted by Crippen LogP contribution is 2.38. The van der Waals surface area contributed by atoms with Gasteiger partial charge in [0.25, 0.3) is 7.82 Å². The maximum absolute atomic E-state index is 12.5. The average molecular weight is 756 g/mol. The molecule has 12 heteroatoms. The van der Waals surface area contributed by atoms with E-state index >= 15 is 0 Å². The molecule has 0 rings (SSSR count). The van der Waals surface area contributed by atoms with Crippen LogP contribution in [0.1, 0.15) is 129 Å². The molecule has 11 nitrogen and oxygen atoms in total. The summed E-state index contributed by atoms with van der Waals surface area (Å²) in [6, 6.07) is 0. The molecule has 0 spiro atoms. The maximum Gasteiger partial charge on any atom is 0.331 e. The van der Waals surface area contributed by atoms with Gasteiger partial charge in [0, 0.05) is 18.6 Å². The van der Waals surface area contributed by atoms with E-state index in [0.717, 1.165) is 44.9 Å². The van der Waals surface area contributed by atoms with Crippen LogP contribution in [0.2, 0.25) is 0 Å². The Labute approximate surface area is 315 Å². The predicted molar refractivity (Wildman–Crippen MR) is 205 cm³/mol. The number of ether oxygens (including phenoxy) is 3. The SMILES string of the molecule is C/C=C/C=C/C(=O)OCCCCC/C=C/C=C/C(=O)O[C@H](COC(=O)CCCCCCCCCCCCCCC)COP(=O)([O-])OCC[N+](C)(C)C. The van der Waals surface area contributed by atoms with E-state index in [0.29, 0.717) is 24.1 Å². The zero-order valence-corrected chi connectivity index (χ0v) is 33.8. The van der Waals surface area contributed by atoms with Crippen molar-refractivity contribution >= 4 is 25.7 Å². The van der Waals surface area contributed by atoms with Crippen molar-refractivity contribution in [3.8, 4) is 0 Å². The zero-order valence-electron chi connectivity index (χ0n) is 32.9. The maximum atomic E-state index is 12.5. The van der Waals surface area contributed by atoms with Crippen LogP contribution in [0.3, 0.4) is 0 Å². The molecule has 0 radical (unpaired) electrons. The molecule has 2 atom stereocenters. The Bertz CT molecular complexity index is 1100. The summed E-state index contributed by atoms with van der Waals surface area (Å²) in [5, 5.41) is 0. The number of hydrogen-bond acceptors (Lipinski definition) is 10. The lowest BCUT2D eigenvalue weighted by Gasteiger charge is -2.28. The molecule has 0 bridgehead atoms. The lowest BCUT2D eigenvalue weighted by Crippen LogP contribution is -2.37. The van der Waals surface area contributed by atoms with Gasteiger partial charge in [-0.15, -0.1) is 0 Å². The molecule has 0 aromatic rings. The van der Waals surface area contributed by atoms with Gasteiger partial charge in [-0.1, -0.05) is 120 Å². The van der Waals surface area contributed by atoms with E-state index in [4.69, 9.17) is 23.3 Å². The first-order valence-electron chi connectivity index (χ1n) is 19.4. The molecule has 0 aliphatic carbocycles. The second kappa shape index (κ2) is 33.0. The van der Waals surface area contributed by atoms with Gasteiger partial charge in [-0.2, -0.15) is 0 Å². The summed E-state index contributed by atoms with van der Waals surface area (Å²) in [4.78, 5) is 48.7. The smallest absolute Gasteiger partial charge is 0.331 e. The Hall–Kier alpha value is -2.56. The number of phosphoric acid groups is 1. The first-order chi connectivity index (χ1) is 24.9. The van der Waals surface area contributed by atoms with Crippen LogP contribution in [0.4, 0.5) is 0 Å². The van der Waals surface area contributed by atoms with Gasteiger partial charge in [0.05, 0.1) is 34.4 Å². The van der Waals surface area contributed by atoms with Crippen LogP contribution in [-0.2, 0) is 42.2 Å². The van der Waals surface area contributed by atoms with E-state index in [2.05, 4.69) is 6.92 Å². The molecule has 0 saturated heterocycles. The summed E-state index contributed by atoms with van der Waals surface area (Å²) in [6.45, 7) is 3.94. The molecular weight excluding hydrogens is 685 g/mol. The molecule has 0 aliphatic heterocycles. The minimum absolute atomic E-state index is 0.0693. The van der Waals surface area contributed by atoms with Gasteiger partial charge in [-0.05, 0) is 39.0 Å². The number of unbranched alkanes of at least 4 members (excludes halogenated alkanes) is 15. The summed E-state index contributed by atoms with van der Waals surface area (Å²) >= 11 is 0. The Morgan fingerprint density at radius 3 is 1.87 bits per heavy atom. The first-order valence-corrected chi connectivity index (χ1v) is 20.9. The molecule has 0 amide bonds. The molecule has 0 heterocycles. The second-order valence-electron chi connectivity index (χ2n) is 14.0. The minimum atomic E-state index is -4.67. The summed E-state index contributed by atoms with van der Waals surface area (Å²) < 4.78 is 38.6. The standard InChI is InChI=1S/C40H70NO10P/c1-6-8-10-11-12-13-14-15-16-17-19-22-26-30-39(43)48-35-37(36-50-52(45,46)49-34-32-41(3,4)5)51-40(44)31-27-23-20-18-21-24-28-33-47-38(42)29-25-9-7-2/h7,9,20,23,25,27,29,31,37H,6,8,10-19,21-22,24,26,28,30,32-36H2,1-5H3/b9-7+,23-20+,29-25+,31-27+/t37-/m1/s1. The van der Waals surface area contributed by atoms with E-state index in [9.17, 15) is 23.8 Å². The molecule has 1 unspecified atom stereocenters. The number of esters is 3. The summed E-state index contributed by atoms with van der Waals surface area (Å²) in [6.07, 6.45) is 30.9. The van der Waals surface area contributed by atoms with Crippen molar-refractivity contribution in [1.82, 2.24) is 0 Å². The van der Waals surface area contributed by atoms with Crippen molar-refractivity contribution in [1.29, 1.82) is 0 Å². The van der Waals surface area contributed by atoms with E-state index < -0.39 is 32.5 Å². The van der Waals surface area contributed by atoms with Crippen molar-refractivity contribution < 1.29 is 51.6 Å². The number of carbonyl (C=O) groups excluding carboxylic acids is 3. The van der Waals surface area contributed by atoms with Crippen molar-refractivity contribution in [2.24, 2.45) is 0 Å². The van der Waals surface area contributed by atoms with Crippen LogP contribution in [0.15, 0.2) is 48.6 Å². The Morgan fingerprint density at radius 1 is 0.673 bits per heavy atom. The highest BCUT2D eigenvalue weighted by Gasteiger charge is 2.21. The van der Waals surface area contributed by atoms with Gasteiger partial charge in [0.15, 0.2) is 6.10 Å². The molecule has 0 aromatic carbocycles. The number of allylic oxidation sites excluding steroid dienone is 6. The fourth-order valence-corrected chi connectivity index (χ4v) is 5.55. The van der Waals surface area contributed by atoms with E-state index in [1.165, 1.54) is 76.0 Å². The van der Waals surface area contributed by atoms with Gasteiger partial charge >= 0.3 is 17.9 Å². The summed E-state index contributed by atoms with van der Waals surface area (Å²) in [5.41, 5.74) is 0. The third-order valence-electron chi connectivity index (χ3n) is 7.90. The highest BCUT2D eigenvalue weighted by atomic mass is 31.2. The summed E-state index contributed by atoms with van der Waals surface area (Å²) in [7, 11) is 1.03. The molecule has 0 aliphatic rings. The van der Waals surface area contributed by atoms with Crippen LogP contribution in [0.25, 0.3) is 0 Å².